The molecule has 0 radical (unpaired) electrons. The van der Waals surface area contributed by atoms with Crippen LogP contribution < -0.4 is 10.9 Å². The third-order valence-corrected chi connectivity index (χ3v) is 2.48. The highest BCUT2D eigenvalue weighted by Crippen LogP contribution is 2.06. The number of nitrogens with one attached hydrogen (secondary N) is 1. The first-order valence-electron chi connectivity index (χ1n) is 6.00. The van der Waals surface area contributed by atoms with E-state index in [1.54, 1.807) is 16.8 Å². The van der Waals surface area contributed by atoms with Crippen LogP contribution in [0.4, 0.5) is 5.95 Å². The highest BCUT2D eigenvalue weighted by Gasteiger charge is 2.05. The van der Waals surface area contributed by atoms with Crippen molar-refractivity contribution in [3.63, 3.8) is 0 Å². The lowest BCUT2D eigenvalue weighted by Gasteiger charge is -2.06. The quantitative estimate of drug-likeness (QED) is 0.882. The molecule has 0 aliphatic carbocycles. The monoisotopic (exact) mass is 261 g/mol. The molecule has 2 rings (SSSR count). The molecule has 0 aromatic carbocycles. The molecular formula is C12H15N5O2. The Morgan fingerprint density at radius 3 is 2.89 bits per heavy atom. The lowest BCUT2D eigenvalue weighted by molar-refractivity contribution is -0.114. The molecule has 0 aliphatic rings. The molecule has 0 spiro atoms. The van der Waals surface area contributed by atoms with Gasteiger partial charge in [0.15, 0.2) is 0 Å². The van der Waals surface area contributed by atoms with Crippen molar-refractivity contribution in [2.45, 2.75) is 26.8 Å². The van der Waals surface area contributed by atoms with Gasteiger partial charge in [-0.15, -0.1) is 5.10 Å². The third-order valence-electron chi connectivity index (χ3n) is 2.48. The zero-order valence-electron chi connectivity index (χ0n) is 10.8. The summed E-state index contributed by atoms with van der Waals surface area (Å²) in [5.41, 5.74) is 0.671. The molecule has 2 aromatic rings. The Hall–Kier alpha value is -2.44. The number of carbonyl (C=O) groups is 1. The number of hydrogen-bond acceptors (Lipinski definition) is 4. The number of pyridine rings is 1. The Labute approximate surface area is 109 Å². The molecule has 1 N–H and O–H groups in total. The van der Waals surface area contributed by atoms with Gasteiger partial charge in [0, 0.05) is 25.7 Å². The van der Waals surface area contributed by atoms with Gasteiger partial charge in [0.1, 0.15) is 6.33 Å². The maximum atomic E-state index is 11.6. The highest BCUT2D eigenvalue weighted by atomic mass is 16.1. The fourth-order valence-electron chi connectivity index (χ4n) is 1.67. The Morgan fingerprint density at radius 2 is 2.21 bits per heavy atom. The van der Waals surface area contributed by atoms with Crippen LogP contribution >= 0.6 is 0 Å². The molecule has 0 unspecified atom stereocenters. The number of amides is 1. The summed E-state index contributed by atoms with van der Waals surface area (Å²) in [6.07, 6.45) is 4.08. The minimum Gasteiger partial charge on any atom is -0.313 e. The van der Waals surface area contributed by atoms with Gasteiger partial charge in [-0.1, -0.05) is 6.92 Å². The number of aryl methyl sites for hydroxylation is 1. The first kappa shape index (κ1) is 13.0. The normalized spacial score (nSPS) is 10.4. The van der Waals surface area contributed by atoms with E-state index < -0.39 is 0 Å². The zero-order valence-corrected chi connectivity index (χ0v) is 10.8. The van der Waals surface area contributed by atoms with Gasteiger partial charge < -0.3 is 4.57 Å². The van der Waals surface area contributed by atoms with Crippen LogP contribution in [0.1, 0.15) is 20.3 Å². The molecule has 0 atom stereocenters. The summed E-state index contributed by atoms with van der Waals surface area (Å²) in [7, 11) is 0. The van der Waals surface area contributed by atoms with Crippen molar-refractivity contribution in [2.75, 3.05) is 5.32 Å². The van der Waals surface area contributed by atoms with Crippen molar-refractivity contribution < 1.29 is 4.79 Å². The summed E-state index contributed by atoms with van der Waals surface area (Å²) >= 11 is 0. The van der Waals surface area contributed by atoms with E-state index in [0.29, 0.717) is 6.54 Å². The molecule has 19 heavy (non-hydrogen) atoms. The number of nitrogens with zero attached hydrogens (tertiary/aromatic N) is 4. The highest BCUT2D eigenvalue weighted by molar-refractivity contribution is 5.86. The van der Waals surface area contributed by atoms with Gasteiger partial charge in [0.05, 0.1) is 5.69 Å². The summed E-state index contributed by atoms with van der Waals surface area (Å²) < 4.78 is 3.13. The van der Waals surface area contributed by atoms with Crippen molar-refractivity contribution in [1.29, 1.82) is 0 Å². The SMILES string of the molecule is CCCn1cc(-n2cnc(NC(C)=O)n2)ccc1=O. The van der Waals surface area contributed by atoms with E-state index in [2.05, 4.69) is 15.4 Å². The van der Waals surface area contributed by atoms with Crippen LogP contribution in [0.25, 0.3) is 5.69 Å². The lowest BCUT2D eigenvalue weighted by atomic mass is 10.4. The van der Waals surface area contributed by atoms with Gasteiger partial charge in [-0.3, -0.25) is 14.9 Å². The van der Waals surface area contributed by atoms with Gasteiger partial charge in [0.25, 0.3) is 5.56 Å². The van der Waals surface area contributed by atoms with Crippen molar-refractivity contribution in [1.82, 2.24) is 19.3 Å². The number of hydrogen-bond donors (Lipinski definition) is 1. The smallest absolute Gasteiger partial charge is 0.250 e. The molecule has 0 fully saturated rings. The molecular weight excluding hydrogens is 246 g/mol. The molecule has 0 saturated heterocycles. The topological polar surface area (TPSA) is 81.8 Å². The van der Waals surface area contributed by atoms with Crippen molar-refractivity contribution in [3.05, 3.63) is 35.0 Å². The molecule has 1 amide bonds. The van der Waals surface area contributed by atoms with E-state index in [0.717, 1.165) is 12.1 Å². The maximum absolute atomic E-state index is 11.6. The van der Waals surface area contributed by atoms with Crippen LogP contribution in [0.3, 0.4) is 0 Å². The molecule has 2 aromatic heterocycles. The van der Waals surface area contributed by atoms with Gasteiger partial charge in [-0.05, 0) is 12.5 Å². The van der Waals surface area contributed by atoms with Gasteiger partial charge in [0.2, 0.25) is 11.9 Å². The summed E-state index contributed by atoms with van der Waals surface area (Å²) in [5.74, 6) is 0.00875. The van der Waals surface area contributed by atoms with E-state index in [1.807, 2.05) is 6.92 Å². The summed E-state index contributed by atoms with van der Waals surface area (Å²) in [4.78, 5) is 26.5. The zero-order chi connectivity index (χ0) is 13.8. The standard InChI is InChI=1S/C12H15N5O2/c1-3-6-16-7-10(4-5-11(16)19)17-8-13-12(15-17)14-9(2)18/h4-5,7-8H,3,6H2,1-2H3,(H,14,15,18). The van der Waals surface area contributed by atoms with Crippen molar-refractivity contribution >= 4 is 11.9 Å². The third kappa shape index (κ3) is 3.06. The van der Waals surface area contributed by atoms with E-state index in [-0.39, 0.29) is 17.4 Å². The minimum atomic E-state index is -0.228. The average molecular weight is 261 g/mol. The number of anilines is 1. The first-order chi connectivity index (χ1) is 9.10. The van der Waals surface area contributed by atoms with Gasteiger partial charge in [-0.25, -0.2) is 4.68 Å². The van der Waals surface area contributed by atoms with Gasteiger partial charge >= 0.3 is 0 Å². The summed E-state index contributed by atoms with van der Waals surface area (Å²) in [6, 6.07) is 3.16. The van der Waals surface area contributed by atoms with Crippen LogP contribution in [0.15, 0.2) is 29.5 Å². The second-order valence-electron chi connectivity index (χ2n) is 4.11. The van der Waals surface area contributed by atoms with Crippen LogP contribution in [0.5, 0.6) is 0 Å². The van der Waals surface area contributed by atoms with E-state index in [4.69, 9.17) is 0 Å². The summed E-state index contributed by atoms with van der Waals surface area (Å²) in [5, 5.41) is 6.61. The summed E-state index contributed by atoms with van der Waals surface area (Å²) in [6.45, 7) is 4.05. The largest absolute Gasteiger partial charge is 0.313 e. The van der Waals surface area contributed by atoms with Crippen LogP contribution in [0, 0.1) is 0 Å². The predicted octanol–water partition coefficient (Wildman–Crippen LogP) is 0.797. The number of rotatable bonds is 4. The lowest BCUT2D eigenvalue weighted by Crippen LogP contribution is -2.19. The second-order valence-corrected chi connectivity index (χ2v) is 4.11. The number of aromatic nitrogens is 4. The Bertz CT molecular complexity index is 644. The van der Waals surface area contributed by atoms with Crippen molar-refractivity contribution in [2.24, 2.45) is 0 Å². The Balaban J connectivity index is 2.31. The fourth-order valence-corrected chi connectivity index (χ4v) is 1.67. The van der Waals surface area contributed by atoms with E-state index >= 15 is 0 Å². The first-order valence-corrected chi connectivity index (χ1v) is 6.00. The molecule has 7 heteroatoms. The molecule has 2 heterocycles. The van der Waals surface area contributed by atoms with Crippen molar-refractivity contribution in [3.8, 4) is 5.69 Å². The van der Waals surface area contributed by atoms with Gasteiger partial charge in [-0.2, -0.15) is 4.98 Å². The van der Waals surface area contributed by atoms with Crippen LogP contribution in [0.2, 0.25) is 0 Å². The second kappa shape index (κ2) is 5.47. The molecule has 100 valence electrons. The average Bonchev–Trinajstić information content (AvgIpc) is 2.80. The van der Waals surface area contributed by atoms with Crippen LogP contribution in [-0.4, -0.2) is 25.2 Å². The molecule has 0 saturated carbocycles. The van der Waals surface area contributed by atoms with E-state index in [9.17, 15) is 9.59 Å². The molecule has 0 bridgehead atoms. The predicted molar refractivity (Wildman–Crippen MR) is 70.2 cm³/mol. The Kier molecular flexibility index (Phi) is 3.74. The Morgan fingerprint density at radius 1 is 1.42 bits per heavy atom. The molecule has 7 nitrogen and oxygen atoms in total. The fraction of sp³-hybridized carbons (Fsp3) is 0.333. The van der Waals surface area contributed by atoms with Crippen LogP contribution in [-0.2, 0) is 11.3 Å². The van der Waals surface area contributed by atoms with E-state index in [1.165, 1.54) is 24.0 Å². The maximum Gasteiger partial charge on any atom is 0.250 e. The molecule has 0 aliphatic heterocycles. The minimum absolute atomic E-state index is 0.0483. The number of carbonyl (C=O) groups excluding carboxylic acids is 1.